The molecule has 1 aromatic carbocycles. The Labute approximate surface area is 99.5 Å². The predicted molar refractivity (Wildman–Crippen MR) is 72.2 cm³/mol. The molecule has 1 unspecified atom stereocenters. The molecule has 16 heavy (non-hydrogen) atoms. The maximum Gasteiger partial charge on any atom is 0.0396 e. The molecule has 0 bridgehead atoms. The van der Waals surface area contributed by atoms with Crippen molar-refractivity contribution in [3.05, 3.63) is 28.8 Å². The summed E-state index contributed by atoms with van der Waals surface area (Å²) in [6.07, 6.45) is 1.03. The van der Waals surface area contributed by atoms with Gasteiger partial charge in [-0.3, -0.25) is 0 Å². The van der Waals surface area contributed by atoms with Crippen LogP contribution in [0.3, 0.4) is 0 Å². The molecule has 0 aliphatic rings. The Hall–Kier alpha value is -1.02. The van der Waals surface area contributed by atoms with Crippen molar-refractivity contribution >= 4 is 5.69 Å². The number of benzene rings is 1. The van der Waals surface area contributed by atoms with Crippen LogP contribution in [-0.2, 0) is 0 Å². The van der Waals surface area contributed by atoms with Crippen molar-refractivity contribution in [2.75, 3.05) is 18.5 Å². The Bertz CT molecular complexity index is 356. The van der Waals surface area contributed by atoms with Crippen LogP contribution in [0.2, 0.25) is 0 Å². The van der Waals surface area contributed by atoms with Crippen LogP contribution < -0.4 is 10.6 Å². The molecule has 1 atom stereocenters. The summed E-state index contributed by atoms with van der Waals surface area (Å²) < 4.78 is 0. The zero-order chi connectivity index (χ0) is 12.3. The smallest absolute Gasteiger partial charge is 0.0396 e. The van der Waals surface area contributed by atoms with Crippen LogP contribution in [0.1, 0.15) is 30.0 Å². The van der Waals surface area contributed by atoms with Gasteiger partial charge in [0.25, 0.3) is 0 Å². The largest absolute Gasteiger partial charge is 0.374 e. The van der Waals surface area contributed by atoms with Crippen molar-refractivity contribution in [3.63, 3.8) is 0 Å². The van der Waals surface area contributed by atoms with Crippen molar-refractivity contribution in [2.24, 2.45) is 5.73 Å². The lowest BCUT2D eigenvalue weighted by Gasteiger charge is -2.24. The monoisotopic (exact) mass is 220 g/mol. The molecular formula is C14H24N2. The number of rotatable bonds is 4. The number of anilines is 1. The zero-order valence-corrected chi connectivity index (χ0v) is 11.2. The van der Waals surface area contributed by atoms with Gasteiger partial charge in [-0.25, -0.2) is 0 Å². The van der Waals surface area contributed by atoms with Crippen LogP contribution in [0.4, 0.5) is 5.69 Å². The van der Waals surface area contributed by atoms with Gasteiger partial charge in [0.1, 0.15) is 0 Å². The molecule has 0 spiro atoms. The Morgan fingerprint density at radius 1 is 1.19 bits per heavy atom. The minimum Gasteiger partial charge on any atom is -0.374 e. The van der Waals surface area contributed by atoms with Crippen molar-refractivity contribution < 1.29 is 0 Å². The number of aryl methyl sites for hydroxylation is 1. The molecule has 90 valence electrons. The number of hydrogen-bond acceptors (Lipinski definition) is 2. The second-order valence-electron chi connectivity index (χ2n) is 4.84. The molecule has 1 aromatic rings. The maximum atomic E-state index is 5.78. The van der Waals surface area contributed by atoms with E-state index >= 15 is 0 Å². The van der Waals surface area contributed by atoms with Gasteiger partial charge in [0, 0.05) is 25.3 Å². The fraction of sp³-hybridized carbons (Fsp3) is 0.571. The lowest BCUT2D eigenvalue weighted by molar-refractivity contribution is 0.658. The highest BCUT2D eigenvalue weighted by molar-refractivity contribution is 5.57. The summed E-state index contributed by atoms with van der Waals surface area (Å²) in [6, 6.07) is 4.67. The standard InChI is InChI=1S/C14H24N2/c1-10-6-7-14(13(4)12(10)3)16(5)9-8-11(2)15/h6-7,11H,8-9,15H2,1-5H3. The van der Waals surface area contributed by atoms with E-state index < -0.39 is 0 Å². The summed E-state index contributed by atoms with van der Waals surface area (Å²) in [7, 11) is 2.14. The van der Waals surface area contributed by atoms with Gasteiger partial charge < -0.3 is 10.6 Å². The summed E-state index contributed by atoms with van der Waals surface area (Å²) in [5.74, 6) is 0. The van der Waals surface area contributed by atoms with E-state index in [2.05, 4.69) is 51.8 Å². The van der Waals surface area contributed by atoms with Crippen LogP contribution in [0.15, 0.2) is 12.1 Å². The third-order valence-electron chi connectivity index (χ3n) is 3.36. The first kappa shape index (κ1) is 13.0. The van der Waals surface area contributed by atoms with Crippen molar-refractivity contribution in [3.8, 4) is 0 Å². The molecule has 0 aliphatic carbocycles. The van der Waals surface area contributed by atoms with E-state index in [0.29, 0.717) is 0 Å². The van der Waals surface area contributed by atoms with E-state index in [-0.39, 0.29) is 6.04 Å². The maximum absolute atomic E-state index is 5.78. The first-order valence-electron chi connectivity index (χ1n) is 5.97. The van der Waals surface area contributed by atoms with Crippen molar-refractivity contribution in [1.82, 2.24) is 0 Å². The summed E-state index contributed by atoms with van der Waals surface area (Å²) in [6.45, 7) is 9.61. The number of nitrogens with zero attached hydrogens (tertiary/aromatic N) is 1. The average molecular weight is 220 g/mol. The molecule has 2 heteroatoms. The van der Waals surface area contributed by atoms with E-state index in [1.807, 2.05) is 0 Å². The molecule has 1 rings (SSSR count). The van der Waals surface area contributed by atoms with Gasteiger partial charge in [-0.1, -0.05) is 6.07 Å². The summed E-state index contributed by atoms with van der Waals surface area (Å²) in [4.78, 5) is 2.30. The predicted octanol–water partition coefficient (Wildman–Crippen LogP) is 2.79. The van der Waals surface area contributed by atoms with Gasteiger partial charge in [0.05, 0.1) is 0 Å². The van der Waals surface area contributed by atoms with Crippen LogP contribution >= 0.6 is 0 Å². The van der Waals surface area contributed by atoms with E-state index in [1.54, 1.807) is 0 Å². The third kappa shape index (κ3) is 2.99. The van der Waals surface area contributed by atoms with Gasteiger partial charge in [0.2, 0.25) is 0 Å². The molecule has 0 aromatic heterocycles. The molecule has 0 saturated carbocycles. The SMILES string of the molecule is Cc1ccc(N(C)CCC(C)N)c(C)c1C. The van der Waals surface area contributed by atoms with Gasteiger partial charge in [-0.2, -0.15) is 0 Å². The first-order valence-corrected chi connectivity index (χ1v) is 5.97. The fourth-order valence-electron chi connectivity index (χ4n) is 1.87. The second-order valence-corrected chi connectivity index (χ2v) is 4.84. The Morgan fingerprint density at radius 2 is 1.81 bits per heavy atom. The molecule has 2 N–H and O–H groups in total. The Balaban J connectivity index is 2.84. The van der Waals surface area contributed by atoms with Crippen LogP contribution in [-0.4, -0.2) is 19.6 Å². The molecule has 0 saturated heterocycles. The molecule has 0 heterocycles. The van der Waals surface area contributed by atoms with Crippen molar-refractivity contribution in [2.45, 2.75) is 40.2 Å². The highest BCUT2D eigenvalue weighted by Crippen LogP contribution is 2.24. The minimum absolute atomic E-state index is 0.273. The summed E-state index contributed by atoms with van der Waals surface area (Å²) >= 11 is 0. The van der Waals surface area contributed by atoms with E-state index in [4.69, 9.17) is 5.73 Å². The normalized spacial score (nSPS) is 12.6. The van der Waals surface area contributed by atoms with E-state index in [0.717, 1.165) is 13.0 Å². The molecule has 0 radical (unpaired) electrons. The molecule has 2 nitrogen and oxygen atoms in total. The number of nitrogens with two attached hydrogens (primary N) is 1. The highest BCUT2D eigenvalue weighted by Gasteiger charge is 2.08. The van der Waals surface area contributed by atoms with Crippen LogP contribution in [0.25, 0.3) is 0 Å². The Kier molecular flexibility index (Phi) is 4.36. The summed E-state index contributed by atoms with van der Waals surface area (Å²) in [5.41, 5.74) is 11.2. The molecule has 0 fully saturated rings. The lowest BCUT2D eigenvalue weighted by atomic mass is 10.0. The summed E-state index contributed by atoms with van der Waals surface area (Å²) in [5, 5.41) is 0. The fourth-order valence-corrected chi connectivity index (χ4v) is 1.87. The topological polar surface area (TPSA) is 29.3 Å². The van der Waals surface area contributed by atoms with Crippen LogP contribution in [0, 0.1) is 20.8 Å². The molecular weight excluding hydrogens is 196 g/mol. The highest BCUT2D eigenvalue weighted by atomic mass is 15.1. The van der Waals surface area contributed by atoms with Gasteiger partial charge in [-0.15, -0.1) is 0 Å². The molecule has 0 aliphatic heterocycles. The Morgan fingerprint density at radius 3 is 2.38 bits per heavy atom. The van der Waals surface area contributed by atoms with Gasteiger partial charge in [-0.05, 0) is 56.9 Å². The molecule has 0 amide bonds. The third-order valence-corrected chi connectivity index (χ3v) is 3.36. The van der Waals surface area contributed by atoms with Gasteiger partial charge >= 0.3 is 0 Å². The van der Waals surface area contributed by atoms with Crippen LogP contribution in [0.5, 0.6) is 0 Å². The van der Waals surface area contributed by atoms with Crippen molar-refractivity contribution in [1.29, 1.82) is 0 Å². The van der Waals surface area contributed by atoms with Gasteiger partial charge in [0.15, 0.2) is 0 Å². The second kappa shape index (κ2) is 5.35. The van der Waals surface area contributed by atoms with E-state index in [1.165, 1.54) is 22.4 Å². The minimum atomic E-state index is 0.273. The zero-order valence-electron chi connectivity index (χ0n) is 11.2. The first-order chi connectivity index (χ1) is 7.43. The number of hydrogen-bond donors (Lipinski definition) is 1. The average Bonchev–Trinajstić information content (AvgIpc) is 2.23. The lowest BCUT2D eigenvalue weighted by Crippen LogP contribution is -2.26. The quantitative estimate of drug-likeness (QED) is 0.845. The van der Waals surface area contributed by atoms with E-state index in [9.17, 15) is 0 Å².